The third kappa shape index (κ3) is 3.83. The number of nitrogens with zero attached hydrogens (tertiary/aromatic N) is 1. The van der Waals surface area contributed by atoms with Crippen molar-refractivity contribution in [2.24, 2.45) is 11.8 Å². The number of nitrogens with one attached hydrogen (secondary N) is 1. The molecule has 0 aliphatic heterocycles. The summed E-state index contributed by atoms with van der Waals surface area (Å²) in [6.07, 6.45) is 5.96. The van der Waals surface area contributed by atoms with Crippen molar-refractivity contribution in [3.8, 4) is 6.07 Å². The van der Waals surface area contributed by atoms with E-state index in [9.17, 15) is 0 Å². The molecule has 1 aliphatic rings. The lowest BCUT2D eigenvalue weighted by molar-refractivity contribution is 0.354. The van der Waals surface area contributed by atoms with Gasteiger partial charge in [0.05, 0.1) is 12.0 Å². The summed E-state index contributed by atoms with van der Waals surface area (Å²) in [5.41, 5.74) is 0. The van der Waals surface area contributed by atoms with E-state index in [2.05, 4.69) is 32.2 Å². The molecular formula is C13H24N2. The van der Waals surface area contributed by atoms with Crippen LogP contribution in [0.2, 0.25) is 0 Å². The van der Waals surface area contributed by atoms with Crippen LogP contribution in [0.25, 0.3) is 0 Å². The molecular weight excluding hydrogens is 184 g/mol. The lowest BCUT2D eigenvalue weighted by Gasteiger charge is -2.23. The molecule has 0 aromatic rings. The lowest BCUT2D eigenvalue weighted by atomic mass is 9.98. The predicted molar refractivity (Wildman–Crippen MR) is 63.4 cm³/mol. The number of hydrogen-bond acceptors (Lipinski definition) is 2. The Morgan fingerprint density at radius 2 is 2.13 bits per heavy atom. The Balaban J connectivity index is 2.31. The monoisotopic (exact) mass is 208 g/mol. The van der Waals surface area contributed by atoms with Crippen molar-refractivity contribution < 1.29 is 0 Å². The van der Waals surface area contributed by atoms with Gasteiger partial charge >= 0.3 is 0 Å². The maximum atomic E-state index is 8.99. The summed E-state index contributed by atoms with van der Waals surface area (Å²) in [6.45, 7) is 6.79. The first-order valence-corrected chi connectivity index (χ1v) is 6.33. The van der Waals surface area contributed by atoms with E-state index < -0.39 is 0 Å². The normalized spacial score (nSPS) is 29.7. The van der Waals surface area contributed by atoms with Crippen molar-refractivity contribution in [1.29, 1.82) is 5.26 Å². The first kappa shape index (κ1) is 12.5. The molecule has 1 aliphatic carbocycles. The summed E-state index contributed by atoms with van der Waals surface area (Å²) >= 11 is 0. The fourth-order valence-electron chi connectivity index (χ4n) is 2.52. The smallest absolute Gasteiger partial charge is 0.0672 e. The third-order valence-electron chi connectivity index (χ3n) is 3.63. The third-order valence-corrected chi connectivity index (χ3v) is 3.63. The highest BCUT2D eigenvalue weighted by Crippen LogP contribution is 2.25. The molecule has 0 spiro atoms. The molecule has 4 unspecified atom stereocenters. The highest BCUT2D eigenvalue weighted by molar-refractivity contribution is 4.97. The average molecular weight is 208 g/mol. The summed E-state index contributed by atoms with van der Waals surface area (Å²) < 4.78 is 0. The molecule has 15 heavy (non-hydrogen) atoms. The van der Waals surface area contributed by atoms with Crippen molar-refractivity contribution in [2.75, 3.05) is 0 Å². The largest absolute Gasteiger partial charge is 0.310 e. The quantitative estimate of drug-likeness (QED) is 0.753. The minimum Gasteiger partial charge on any atom is -0.310 e. The first-order chi connectivity index (χ1) is 7.17. The number of nitriles is 1. The van der Waals surface area contributed by atoms with Gasteiger partial charge in [0, 0.05) is 12.1 Å². The van der Waals surface area contributed by atoms with Gasteiger partial charge in [-0.1, -0.05) is 26.7 Å². The highest BCUT2D eigenvalue weighted by Gasteiger charge is 2.27. The van der Waals surface area contributed by atoms with Gasteiger partial charge < -0.3 is 5.32 Å². The Kier molecular flexibility index (Phi) is 5.11. The van der Waals surface area contributed by atoms with E-state index in [1.54, 1.807) is 0 Å². The topological polar surface area (TPSA) is 35.8 Å². The van der Waals surface area contributed by atoms with Crippen LogP contribution in [-0.2, 0) is 0 Å². The van der Waals surface area contributed by atoms with Crippen molar-refractivity contribution >= 4 is 0 Å². The highest BCUT2D eigenvalue weighted by atomic mass is 15.0. The van der Waals surface area contributed by atoms with Crippen LogP contribution in [0.15, 0.2) is 0 Å². The van der Waals surface area contributed by atoms with E-state index >= 15 is 0 Å². The summed E-state index contributed by atoms with van der Waals surface area (Å²) in [7, 11) is 0. The second-order valence-electron chi connectivity index (χ2n) is 5.09. The van der Waals surface area contributed by atoms with Gasteiger partial charge in [0.1, 0.15) is 0 Å². The average Bonchev–Trinajstić information content (AvgIpc) is 2.64. The number of rotatable bonds is 5. The molecule has 1 N–H and O–H groups in total. The molecule has 1 rings (SSSR count). The summed E-state index contributed by atoms with van der Waals surface area (Å²) in [5.74, 6) is 1.04. The molecule has 1 fully saturated rings. The predicted octanol–water partition coefficient (Wildman–Crippen LogP) is 3.09. The summed E-state index contributed by atoms with van der Waals surface area (Å²) in [5, 5.41) is 12.6. The fourth-order valence-corrected chi connectivity index (χ4v) is 2.52. The van der Waals surface area contributed by atoms with E-state index in [0.29, 0.717) is 12.1 Å². The zero-order valence-electron chi connectivity index (χ0n) is 10.3. The Labute approximate surface area is 94.1 Å². The van der Waals surface area contributed by atoms with Gasteiger partial charge in [0.2, 0.25) is 0 Å². The molecule has 0 aromatic carbocycles. The van der Waals surface area contributed by atoms with Gasteiger partial charge in [0.25, 0.3) is 0 Å². The van der Waals surface area contributed by atoms with Crippen LogP contribution in [0.1, 0.15) is 52.9 Å². The Morgan fingerprint density at radius 3 is 2.73 bits per heavy atom. The Hall–Kier alpha value is -0.550. The van der Waals surface area contributed by atoms with Crippen molar-refractivity contribution in [1.82, 2.24) is 5.32 Å². The van der Waals surface area contributed by atoms with Crippen LogP contribution in [0, 0.1) is 23.2 Å². The van der Waals surface area contributed by atoms with Crippen LogP contribution >= 0.6 is 0 Å². The molecule has 1 saturated carbocycles. The molecule has 4 atom stereocenters. The van der Waals surface area contributed by atoms with Crippen LogP contribution in [0.5, 0.6) is 0 Å². The van der Waals surface area contributed by atoms with Crippen molar-refractivity contribution in [3.05, 3.63) is 0 Å². The van der Waals surface area contributed by atoms with Gasteiger partial charge in [-0.25, -0.2) is 0 Å². The van der Waals surface area contributed by atoms with Gasteiger partial charge in [-0.3, -0.25) is 0 Å². The van der Waals surface area contributed by atoms with Gasteiger partial charge in [-0.05, 0) is 32.1 Å². The summed E-state index contributed by atoms with van der Waals surface area (Å²) in [6, 6.07) is 3.43. The Morgan fingerprint density at radius 1 is 1.40 bits per heavy atom. The van der Waals surface area contributed by atoms with E-state index in [0.717, 1.165) is 12.3 Å². The first-order valence-electron chi connectivity index (χ1n) is 6.33. The molecule has 2 nitrogen and oxygen atoms in total. The number of hydrogen-bond donors (Lipinski definition) is 1. The molecule has 0 radical (unpaired) electrons. The molecule has 0 amide bonds. The minimum atomic E-state index is 0.254. The van der Waals surface area contributed by atoms with E-state index in [1.807, 2.05) is 0 Å². The van der Waals surface area contributed by atoms with Crippen LogP contribution in [0.3, 0.4) is 0 Å². The molecule has 0 aromatic heterocycles. The maximum absolute atomic E-state index is 8.99. The van der Waals surface area contributed by atoms with Crippen LogP contribution in [0.4, 0.5) is 0 Å². The van der Waals surface area contributed by atoms with Gasteiger partial charge in [-0.2, -0.15) is 5.26 Å². The maximum Gasteiger partial charge on any atom is 0.0672 e. The molecule has 0 heterocycles. The molecule has 0 saturated heterocycles. The fraction of sp³-hybridized carbons (Fsp3) is 0.923. The van der Waals surface area contributed by atoms with Gasteiger partial charge in [-0.15, -0.1) is 0 Å². The molecule has 0 bridgehead atoms. The summed E-state index contributed by atoms with van der Waals surface area (Å²) in [4.78, 5) is 0. The molecule has 86 valence electrons. The Bertz CT molecular complexity index is 219. The second-order valence-corrected chi connectivity index (χ2v) is 5.09. The SMILES string of the molecule is CCC(C)CC(C)NC1CCCC1C#N. The lowest BCUT2D eigenvalue weighted by Crippen LogP contribution is -2.39. The van der Waals surface area contributed by atoms with Gasteiger partial charge in [0.15, 0.2) is 0 Å². The molecule has 2 heteroatoms. The standard InChI is InChI=1S/C13H24N2/c1-4-10(2)8-11(3)15-13-7-5-6-12(13)9-14/h10-13,15H,4-8H2,1-3H3. The van der Waals surface area contributed by atoms with Crippen molar-refractivity contribution in [3.63, 3.8) is 0 Å². The van der Waals surface area contributed by atoms with Crippen LogP contribution in [-0.4, -0.2) is 12.1 Å². The van der Waals surface area contributed by atoms with E-state index in [4.69, 9.17) is 5.26 Å². The second kappa shape index (κ2) is 6.12. The van der Waals surface area contributed by atoms with E-state index in [-0.39, 0.29) is 5.92 Å². The van der Waals surface area contributed by atoms with Crippen LogP contribution < -0.4 is 5.32 Å². The van der Waals surface area contributed by atoms with E-state index in [1.165, 1.54) is 25.7 Å². The van der Waals surface area contributed by atoms with Crippen molar-refractivity contribution in [2.45, 2.75) is 65.0 Å². The minimum absolute atomic E-state index is 0.254. The zero-order chi connectivity index (χ0) is 11.3. The zero-order valence-corrected chi connectivity index (χ0v) is 10.3.